The molecule has 110 valence electrons. The molecule has 21 heavy (non-hydrogen) atoms. The van der Waals surface area contributed by atoms with E-state index in [9.17, 15) is 10.1 Å². The van der Waals surface area contributed by atoms with Crippen LogP contribution in [-0.4, -0.2) is 16.6 Å². The van der Waals surface area contributed by atoms with E-state index in [1.807, 2.05) is 12.1 Å². The fourth-order valence-corrected chi connectivity index (χ4v) is 2.21. The maximum Gasteiger partial charge on any atom is 0.277 e. The second-order valence-corrected chi connectivity index (χ2v) is 4.77. The fourth-order valence-electron chi connectivity index (χ4n) is 1.98. The number of ether oxygens (including phenoxy) is 1. The second kappa shape index (κ2) is 7.06. The van der Waals surface area contributed by atoms with Crippen molar-refractivity contribution < 1.29 is 14.8 Å². The van der Waals surface area contributed by atoms with E-state index in [0.717, 1.165) is 5.56 Å². The van der Waals surface area contributed by atoms with Gasteiger partial charge >= 0.3 is 0 Å². The summed E-state index contributed by atoms with van der Waals surface area (Å²) in [5.41, 5.74) is 1.11. The number of aliphatic hydroxyl groups is 1. The number of benzene rings is 2. The normalized spacial score (nSPS) is 10.4. The molecule has 0 heterocycles. The SMILES string of the molecule is O=[N+]([O-])c1cccc(Cl)c1COc1ccccc1CCO. The van der Waals surface area contributed by atoms with Crippen LogP contribution in [0.5, 0.6) is 5.75 Å². The minimum atomic E-state index is -0.482. The second-order valence-electron chi connectivity index (χ2n) is 4.36. The Hall–Kier alpha value is -2.11. The van der Waals surface area contributed by atoms with Crippen LogP contribution in [0.3, 0.4) is 0 Å². The number of nitrogens with zero attached hydrogens (tertiary/aromatic N) is 1. The number of nitro groups is 1. The Morgan fingerprint density at radius 3 is 2.67 bits per heavy atom. The van der Waals surface area contributed by atoms with Gasteiger partial charge in [-0.2, -0.15) is 0 Å². The molecule has 0 unspecified atom stereocenters. The summed E-state index contributed by atoms with van der Waals surface area (Å²) in [4.78, 5) is 10.5. The number of hydrogen-bond donors (Lipinski definition) is 1. The molecular formula is C15H14ClNO4. The van der Waals surface area contributed by atoms with Crippen molar-refractivity contribution in [2.24, 2.45) is 0 Å². The van der Waals surface area contributed by atoms with Gasteiger partial charge in [-0.1, -0.05) is 35.9 Å². The van der Waals surface area contributed by atoms with Gasteiger partial charge in [0.1, 0.15) is 12.4 Å². The predicted octanol–water partition coefficient (Wildman–Crippen LogP) is 3.36. The Kier molecular flexibility index (Phi) is 5.14. The van der Waals surface area contributed by atoms with Crippen molar-refractivity contribution in [1.82, 2.24) is 0 Å². The Bertz CT molecular complexity index is 645. The summed E-state index contributed by atoms with van der Waals surface area (Å²) < 4.78 is 5.65. The van der Waals surface area contributed by atoms with Gasteiger partial charge in [0.2, 0.25) is 0 Å². The van der Waals surface area contributed by atoms with Gasteiger partial charge in [-0.25, -0.2) is 0 Å². The van der Waals surface area contributed by atoms with Crippen molar-refractivity contribution in [1.29, 1.82) is 0 Å². The van der Waals surface area contributed by atoms with Crippen molar-refractivity contribution in [3.05, 3.63) is 68.7 Å². The van der Waals surface area contributed by atoms with Gasteiger partial charge in [0.25, 0.3) is 5.69 Å². The lowest BCUT2D eigenvalue weighted by Crippen LogP contribution is -2.03. The molecule has 0 amide bonds. The van der Waals surface area contributed by atoms with E-state index in [1.165, 1.54) is 12.1 Å². The maximum atomic E-state index is 11.0. The highest BCUT2D eigenvalue weighted by Crippen LogP contribution is 2.28. The smallest absolute Gasteiger partial charge is 0.277 e. The van der Waals surface area contributed by atoms with Gasteiger partial charge in [-0.3, -0.25) is 10.1 Å². The number of hydrogen-bond acceptors (Lipinski definition) is 4. The summed E-state index contributed by atoms with van der Waals surface area (Å²) in [5, 5.41) is 20.3. The minimum absolute atomic E-state index is 0.00156. The summed E-state index contributed by atoms with van der Waals surface area (Å²) >= 11 is 6.02. The summed E-state index contributed by atoms with van der Waals surface area (Å²) in [7, 11) is 0. The predicted molar refractivity (Wildman–Crippen MR) is 79.7 cm³/mol. The van der Waals surface area contributed by atoms with Crippen LogP contribution in [0.1, 0.15) is 11.1 Å². The van der Waals surface area contributed by atoms with Crippen LogP contribution in [0.25, 0.3) is 0 Å². The fraction of sp³-hybridized carbons (Fsp3) is 0.200. The molecule has 0 aliphatic carbocycles. The van der Waals surface area contributed by atoms with Gasteiger partial charge in [-0.05, 0) is 24.1 Å². The van der Waals surface area contributed by atoms with Crippen LogP contribution in [0.15, 0.2) is 42.5 Å². The molecule has 0 saturated carbocycles. The third-order valence-corrected chi connectivity index (χ3v) is 3.37. The Balaban J connectivity index is 2.23. The molecule has 0 atom stereocenters. The lowest BCUT2D eigenvalue weighted by molar-refractivity contribution is -0.385. The third-order valence-electron chi connectivity index (χ3n) is 3.02. The zero-order valence-electron chi connectivity index (χ0n) is 11.2. The molecule has 1 N–H and O–H groups in total. The topological polar surface area (TPSA) is 72.6 Å². The van der Waals surface area contributed by atoms with E-state index >= 15 is 0 Å². The summed E-state index contributed by atoms with van der Waals surface area (Å²) in [6, 6.07) is 11.8. The molecule has 0 saturated heterocycles. The van der Waals surface area contributed by atoms with Gasteiger partial charge in [0.15, 0.2) is 0 Å². The maximum absolute atomic E-state index is 11.0. The molecule has 2 aromatic rings. The summed E-state index contributed by atoms with van der Waals surface area (Å²) in [6.45, 7) is 0.00500. The van der Waals surface area contributed by atoms with E-state index in [0.29, 0.717) is 22.8 Å². The van der Waals surface area contributed by atoms with Crippen molar-refractivity contribution in [3.63, 3.8) is 0 Å². The van der Waals surface area contributed by atoms with Gasteiger partial charge in [-0.15, -0.1) is 0 Å². The number of nitro benzene ring substituents is 1. The summed E-state index contributed by atoms with van der Waals surface area (Å²) in [5.74, 6) is 0.584. The molecule has 0 radical (unpaired) electrons. The van der Waals surface area contributed by atoms with Crippen LogP contribution in [0, 0.1) is 10.1 Å². The quantitative estimate of drug-likeness (QED) is 0.656. The first kappa shape index (κ1) is 15.3. The average molecular weight is 308 g/mol. The van der Waals surface area contributed by atoms with Crippen LogP contribution >= 0.6 is 11.6 Å². The number of para-hydroxylation sites is 1. The molecule has 6 heteroatoms. The highest BCUT2D eigenvalue weighted by atomic mass is 35.5. The molecule has 5 nitrogen and oxygen atoms in total. The van der Waals surface area contributed by atoms with E-state index < -0.39 is 4.92 Å². The molecule has 0 fully saturated rings. The molecule has 0 aliphatic heterocycles. The highest BCUT2D eigenvalue weighted by Gasteiger charge is 2.17. The van der Waals surface area contributed by atoms with Crippen LogP contribution < -0.4 is 4.74 Å². The van der Waals surface area contributed by atoms with Crippen LogP contribution in [0.2, 0.25) is 5.02 Å². The molecule has 0 aromatic heterocycles. The van der Waals surface area contributed by atoms with Crippen molar-refractivity contribution in [2.75, 3.05) is 6.61 Å². The van der Waals surface area contributed by atoms with Crippen molar-refractivity contribution in [2.45, 2.75) is 13.0 Å². The van der Waals surface area contributed by atoms with E-state index in [2.05, 4.69) is 0 Å². The van der Waals surface area contributed by atoms with Crippen molar-refractivity contribution >= 4 is 17.3 Å². The Morgan fingerprint density at radius 2 is 1.95 bits per heavy atom. The minimum Gasteiger partial charge on any atom is -0.488 e. The van der Waals surface area contributed by atoms with Crippen LogP contribution in [-0.2, 0) is 13.0 Å². The van der Waals surface area contributed by atoms with Crippen molar-refractivity contribution in [3.8, 4) is 5.75 Å². The van der Waals surface area contributed by atoms with Crippen LogP contribution in [0.4, 0.5) is 5.69 Å². The van der Waals surface area contributed by atoms with E-state index in [4.69, 9.17) is 21.4 Å². The number of aliphatic hydroxyl groups excluding tert-OH is 1. The Morgan fingerprint density at radius 1 is 1.19 bits per heavy atom. The third kappa shape index (κ3) is 3.71. The molecule has 2 aromatic carbocycles. The Labute approximate surface area is 126 Å². The van der Waals surface area contributed by atoms with E-state index in [1.54, 1.807) is 18.2 Å². The first-order valence-corrected chi connectivity index (χ1v) is 6.74. The van der Waals surface area contributed by atoms with Gasteiger partial charge in [0, 0.05) is 12.7 Å². The monoisotopic (exact) mass is 307 g/mol. The summed E-state index contributed by atoms with van der Waals surface area (Å²) in [6.07, 6.45) is 0.459. The molecular weight excluding hydrogens is 294 g/mol. The number of rotatable bonds is 6. The average Bonchev–Trinajstić information content (AvgIpc) is 2.47. The van der Waals surface area contributed by atoms with E-state index in [-0.39, 0.29) is 18.9 Å². The molecule has 2 rings (SSSR count). The molecule has 0 spiro atoms. The standard InChI is InChI=1S/C15H14ClNO4/c16-13-5-3-6-14(17(19)20)12(13)10-21-15-7-2-1-4-11(15)8-9-18/h1-7,18H,8-10H2. The first-order chi connectivity index (χ1) is 10.1. The lowest BCUT2D eigenvalue weighted by Gasteiger charge is -2.11. The first-order valence-electron chi connectivity index (χ1n) is 6.37. The zero-order valence-corrected chi connectivity index (χ0v) is 11.9. The zero-order chi connectivity index (χ0) is 15.2. The highest BCUT2D eigenvalue weighted by molar-refractivity contribution is 6.31. The lowest BCUT2D eigenvalue weighted by atomic mass is 10.1. The number of halogens is 1. The van der Waals surface area contributed by atoms with Gasteiger partial charge < -0.3 is 9.84 Å². The molecule has 0 bridgehead atoms. The van der Waals surface area contributed by atoms with Gasteiger partial charge in [0.05, 0.1) is 15.5 Å². The molecule has 0 aliphatic rings. The largest absolute Gasteiger partial charge is 0.488 e.